The summed E-state index contributed by atoms with van der Waals surface area (Å²) < 4.78 is 11.5. The van der Waals surface area contributed by atoms with Gasteiger partial charge in [0.2, 0.25) is 0 Å². The molecule has 4 atom stereocenters. The van der Waals surface area contributed by atoms with Crippen LogP contribution in [0.4, 0.5) is 0 Å². The third-order valence-electron chi connectivity index (χ3n) is 6.35. The number of piperazine rings is 1. The first-order chi connectivity index (χ1) is 15.2. The van der Waals surface area contributed by atoms with Gasteiger partial charge in [0, 0.05) is 13.5 Å². The lowest BCUT2D eigenvalue weighted by Crippen LogP contribution is -2.73. The van der Waals surface area contributed by atoms with E-state index in [2.05, 4.69) is 19.2 Å². The third-order valence-corrected chi connectivity index (χ3v) is 10.0. The van der Waals surface area contributed by atoms with Crippen molar-refractivity contribution in [3.63, 3.8) is 0 Å². The number of carbonyl (C=O) groups excluding carboxylic acids is 2. The Balaban J connectivity index is 1.84. The van der Waals surface area contributed by atoms with Gasteiger partial charge in [-0.15, -0.1) is 0 Å². The molecule has 0 aromatic heterocycles. The van der Waals surface area contributed by atoms with E-state index in [1.165, 1.54) is 26.5 Å². The number of carbonyl (C=O) groups is 2. The van der Waals surface area contributed by atoms with Crippen LogP contribution in [0.15, 0.2) is 43.5 Å². The highest BCUT2D eigenvalue weighted by molar-refractivity contribution is 8.78. The first kappa shape index (κ1) is 22.6. The Hall–Kier alpha value is -2.57. The van der Waals surface area contributed by atoms with Gasteiger partial charge >= 0.3 is 0 Å². The van der Waals surface area contributed by atoms with Crippen LogP contribution < -0.4 is 9.47 Å². The molecule has 0 saturated carbocycles. The largest absolute Gasteiger partial charge is 0.486 e. The van der Waals surface area contributed by atoms with E-state index >= 15 is 0 Å². The predicted molar refractivity (Wildman–Crippen MR) is 125 cm³/mol. The molecule has 7 nitrogen and oxygen atoms in total. The summed E-state index contributed by atoms with van der Waals surface area (Å²) in [5.41, 5.74) is -0.240. The van der Waals surface area contributed by atoms with Gasteiger partial charge in [-0.2, -0.15) is 5.26 Å². The number of nitrogens with zero attached hydrogens (tertiary/aromatic N) is 3. The minimum absolute atomic E-state index is 0.138. The standard InChI is InChI=1S/C23H25N3O4S2/c1-6-10-29-16-9-8-15(12-17(16)30-11-7-2)18-21(3,14-24)13-23-20(28)25(5)22(4,31-32-23)19(27)26(18)23/h6-9,12,18H,1-2,10-11,13H2,3-5H3/t18-,21+,22?,23?/m0/s1. The molecular weight excluding hydrogens is 446 g/mol. The van der Waals surface area contributed by atoms with Crippen molar-refractivity contribution in [1.82, 2.24) is 9.80 Å². The number of ether oxygens (including phenoxy) is 2. The molecule has 4 saturated heterocycles. The lowest BCUT2D eigenvalue weighted by molar-refractivity contribution is -0.164. The Labute approximate surface area is 195 Å². The second-order valence-electron chi connectivity index (χ2n) is 8.49. The number of likely N-dealkylation sites (N-methyl/N-ethyl adjacent to an activating group) is 1. The molecule has 9 heteroatoms. The molecule has 1 spiro atoms. The number of rotatable bonds is 7. The lowest BCUT2D eigenvalue weighted by Gasteiger charge is -2.57. The molecule has 4 fully saturated rings. The summed E-state index contributed by atoms with van der Waals surface area (Å²) in [5.74, 6) is 0.715. The highest BCUT2D eigenvalue weighted by Gasteiger charge is 2.74. The maximum atomic E-state index is 13.7. The van der Waals surface area contributed by atoms with Crippen LogP contribution in [-0.4, -0.2) is 51.6 Å². The minimum atomic E-state index is -1.11. The maximum Gasteiger partial charge on any atom is 0.261 e. The fourth-order valence-corrected chi connectivity index (χ4v) is 8.23. The van der Waals surface area contributed by atoms with Crippen molar-refractivity contribution in [3.8, 4) is 17.6 Å². The van der Waals surface area contributed by atoms with Gasteiger partial charge in [-0.3, -0.25) is 9.59 Å². The van der Waals surface area contributed by atoms with Crippen LogP contribution in [0, 0.1) is 16.7 Å². The SMILES string of the molecule is C=CCOc1ccc([C@@H]2N3C(=O)C4(C)SSC3(C[C@]2(C)C#N)C(=O)N4C)cc1OCC=C. The predicted octanol–water partition coefficient (Wildman–Crippen LogP) is 3.90. The number of amides is 2. The quantitative estimate of drug-likeness (QED) is 0.441. The summed E-state index contributed by atoms with van der Waals surface area (Å²) in [6.07, 6.45) is 3.52. The van der Waals surface area contributed by atoms with Crippen LogP contribution >= 0.6 is 21.6 Å². The molecule has 1 aromatic rings. The van der Waals surface area contributed by atoms with Crippen LogP contribution in [0.5, 0.6) is 11.5 Å². The van der Waals surface area contributed by atoms with Crippen LogP contribution in [0.25, 0.3) is 0 Å². The molecule has 32 heavy (non-hydrogen) atoms. The summed E-state index contributed by atoms with van der Waals surface area (Å²) in [5, 5.41) is 10.2. The molecule has 0 N–H and O–H groups in total. The van der Waals surface area contributed by atoms with E-state index in [1.54, 1.807) is 43.2 Å². The summed E-state index contributed by atoms with van der Waals surface area (Å²) in [6.45, 7) is 11.5. The van der Waals surface area contributed by atoms with E-state index in [0.29, 0.717) is 18.1 Å². The Morgan fingerprint density at radius 2 is 1.81 bits per heavy atom. The summed E-state index contributed by atoms with van der Waals surface area (Å²) in [4.78, 5) is 28.2. The third kappa shape index (κ3) is 2.96. The molecule has 5 rings (SSSR count). The Bertz CT molecular complexity index is 1060. The lowest BCUT2D eigenvalue weighted by atomic mass is 9.79. The topological polar surface area (TPSA) is 82.9 Å². The van der Waals surface area contributed by atoms with Crippen molar-refractivity contribution in [1.29, 1.82) is 5.26 Å². The molecule has 1 aromatic carbocycles. The molecule has 168 valence electrons. The van der Waals surface area contributed by atoms with Gasteiger partial charge in [-0.05, 0) is 31.5 Å². The van der Waals surface area contributed by atoms with E-state index < -0.39 is 21.2 Å². The van der Waals surface area contributed by atoms with Gasteiger partial charge in [-0.25, -0.2) is 0 Å². The summed E-state index contributed by atoms with van der Waals surface area (Å²) in [6, 6.07) is 7.21. The normalized spacial score (nSPS) is 33.0. The Morgan fingerprint density at radius 1 is 1.16 bits per heavy atom. The zero-order chi connectivity index (χ0) is 23.3. The van der Waals surface area contributed by atoms with Crippen molar-refractivity contribution < 1.29 is 19.1 Å². The van der Waals surface area contributed by atoms with Crippen LogP contribution in [0.2, 0.25) is 0 Å². The average Bonchev–Trinajstić information content (AvgIpc) is 3.07. The zero-order valence-corrected chi connectivity index (χ0v) is 19.9. The van der Waals surface area contributed by atoms with Gasteiger partial charge < -0.3 is 19.3 Å². The van der Waals surface area contributed by atoms with E-state index in [9.17, 15) is 14.9 Å². The Morgan fingerprint density at radius 3 is 2.44 bits per heavy atom. The van der Waals surface area contributed by atoms with E-state index in [-0.39, 0.29) is 24.8 Å². The fourth-order valence-electron chi connectivity index (χ4n) is 4.64. The Kier molecular flexibility index (Phi) is 5.50. The zero-order valence-electron chi connectivity index (χ0n) is 18.3. The van der Waals surface area contributed by atoms with Gasteiger partial charge in [0.25, 0.3) is 11.8 Å². The average molecular weight is 472 g/mol. The summed E-state index contributed by atoms with van der Waals surface area (Å²) in [7, 11) is 4.45. The highest BCUT2D eigenvalue weighted by atomic mass is 33.1. The van der Waals surface area contributed by atoms with E-state index in [4.69, 9.17) is 9.47 Å². The number of benzene rings is 1. The number of hydrogen-bond acceptors (Lipinski definition) is 7. The second-order valence-corrected chi connectivity index (χ2v) is 11.3. The van der Waals surface area contributed by atoms with Crippen molar-refractivity contribution >= 4 is 33.4 Å². The molecule has 2 amide bonds. The molecule has 4 aliphatic heterocycles. The molecule has 0 radical (unpaired) electrons. The fraction of sp³-hybridized carbons (Fsp3) is 0.435. The van der Waals surface area contributed by atoms with Crippen molar-refractivity contribution in [2.24, 2.45) is 5.41 Å². The molecule has 4 aliphatic rings. The first-order valence-corrected chi connectivity index (χ1v) is 12.3. The van der Waals surface area contributed by atoms with Crippen LogP contribution in [0.1, 0.15) is 31.9 Å². The maximum absolute atomic E-state index is 13.7. The molecule has 4 heterocycles. The first-order valence-electron chi connectivity index (χ1n) is 10.2. The van der Waals surface area contributed by atoms with Gasteiger partial charge in [0.15, 0.2) is 21.2 Å². The molecule has 0 aliphatic carbocycles. The van der Waals surface area contributed by atoms with Crippen molar-refractivity contribution in [2.75, 3.05) is 20.3 Å². The number of fused-ring (bicyclic) bond motifs is 2. The minimum Gasteiger partial charge on any atom is -0.486 e. The summed E-state index contributed by atoms with van der Waals surface area (Å²) >= 11 is 0. The molecule has 2 unspecified atom stereocenters. The van der Waals surface area contributed by atoms with Gasteiger partial charge in [-0.1, -0.05) is 53.0 Å². The molecule has 2 bridgehead atoms. The monoisotopic (exact) mass is 471 g/mol. The van der Waals surface area contributed by atoms with E-state index in [0.717, 1.165) is 5.56 Å². The van der Waals surface area contributed by atoms with E-state index in [1.807, 2.05) is 13.0 Å². The number of hydrogen-bond donors (Lipinski definition) is 0. The van der Waals surface area contributed by atoms with Crippen molar-refractivity contribution in [3.05, 3.63) is 49.1 Å². The number of nitriles is 1. The van der Waals surface area contributed by atoms with Gasteiger partial charge in [0.1, 0.15) is 13.2 Å². The van der Waals surface area contributed by atoms with Crippen LogP contribution in [-0.2, 0) is 9.59 Å². The smallest absolute Gasteiger partial charge is 0.261 e. The second kappa shape index (κ2) is 7.78. The van der Waals surface area contributed by atoms with Gasteiger partial charge in [0.05, 0.1) is 17.5 Å². The highest BCUT2D eigenvalue weighted by Crippen LogP contribution is 2.69. The van der Waals surface area contributed by atoms with Crippen molar-refractivity contribution in [2.45, 2.75) is 36.1 Å². The van der Waals surface area contributed by atoms with Crippen LogP contribution in [0.3, 0.4) is 0 Å². The molecular formula is C23H25N3O4S2.